The minimum absolute atomic E-state index is 0.0617. The number of methoxy groups -OCH3 is 2. The van der Waals surface area contributed by atoms with Gasteiger partial charge in [-0.05, 0) is 11.1 Å². The molecule has 2 aromatic heterocycles. The van der Waals surface area contributed by atoms with Crippen LogP contribution in [0.25, 0.3) is 0 Å². The summed E-state index contributed by atoms with van der Waals surface area (Å²) in [7, 11) is 3.22. The molecule has 0 aliphatic heterocycles. The van der Waals surface area contributed by atoms with E-state index >= 15 is 0 Å². The molecule has 0 radical (unpaired) electrons. The fourth-order valence-corrected chi connectivity index (χ4v) is 4.91. The first-order chi connectivity index (χ1) is 15.8. The Balaban J connectivity index is 1.69. The Kier molecular flexibility index (Phi) is 5.50. The third-order valence-electron chi connectivity index (χ3n) is 6.28. The fraction of sp³-hybridized carbons (Fsp3) is 0.231. The molecule has 5 rings (SSSR count). The summed E-state index contributed by atoms with van der Waals surface area (Å²) in [6, 6.07) is 21.2. The lowest BCUT2D eigenvalue weighted by Gasteiger charge is -2.52. The first-order valence-electron chi connectivity index (χ1n) is 10.6. The van der Waals surface area contributed by atoms with Gasteiger partial charge in [-0.1, -0.05) is 60.7 Å². The Morgan fingerprint density at radius 3 is 1.31 bits per heavy atom. The van der Waals surface area contributed by atoms with E-state index in [1.807, 2.05) is 24.5 Å². The highest BCUT2D eigenvalue weighted by atomic mass is 16.5. The lowest BCUT2D eigenvalue weighted by atomic mass is 9.51. The summed E-state index contributed by atoms with van der Waals surface area (Å²) >= 11 is 0. The summed E-state index contributed by atoms with van der Waals surface area (Å²) in [5.41, 5.74) is 4.31. The predicted molar refractivity (Wildman–Crippen MR) is 121 cm³/mol. The molecule has 2 aromatic carbocycles. The van der Waals surface area contributed by atoms with Crippen LogP contribution in [0.1, 0.15) is 46.2 Å². The Morgan fingerprint density at radius 2 is 0.938 bits per heavy atom. The summed E-state index contributed by atoms with van der Waals surface area (Å²) in [6.07, 6.45) is 6.94. The van der Waals surface area contributed by atoms with E-state index in [4.69, 9.17) is 19.4 Å². The Morgan fingerprint density at radius 1 is 0.531 bits per heavy atom. The molecule has 0 N–H and O–H groups in total. The molecular formula is C26H24N4O2. The zero-order valence-electron chi connectivity index (χ0n) is 18.0. The van der Waals surface area contributed by atoms with Gasteiger partial charge in [-0.2, -0.15) is 0 Å². The third-order valence-corrected chi connectivity index (χ3v) is 6.28. The molecular weight excluding hydrogens is 400 g/mol. The standard InChI is InChI=1S/C26H24N4O2/c1-31-21-15-27-13-19(29-21)25-23(17-9-5-3-6-10-17)24(18-11-7-4-8-12-18)26(25)20-14-28-16-22(30-20)32-2/h3-16,23-26H,1-2H3/t23-,24+,25-,26-/m1/s1. The van der Waals surface area contributed by atoms with E-state index in [1.165, 1.54) is 11.1 Å². The molecule has 1 aliphatic rings. The van der Waals surface area contributed by atoms with E-state index < -0.39 is 0 Å². The molecule has 1 saturated carbocycles. The number of aromatic nitrogens is 4. The summed E-state index contributed by atoms with van der Waals surface area (Å²) in [4.78, 5) is 18.3. The molecule has 0 unspecified atom stereocenters. The summed E-state index contributed by atoms with van der Waals surface area (Å²) < 4.78 is 10.8. The third kappa shape index (κ3) is 3.58. The van der Waals surface area contributed by atoms with Crippen LogP contribution in [0, 0.1) is 0 Å². The molecule has 6 heteroatoms. The fourth-order valence-electron chi connectivity index (χ4n) is 4.91. The molecule has 1 aliphatic carbocycles. The van der Waals surface area contributed by atoms with Crippen LogP contribution in [0.4, 0.5) is 0 Å². The molecule has 4 aromatic rings. The normalized spacial score (nSPS) is 22.1. The number of rotatable bonds is 6. The molecule has 32 heavy (non-hydrogen) atoms. The first kappa shape index (κ1) is 20.1. The van der Waals surface area contributed by atoms with Crippen LogP contribution in [0.2, 0.25) is 0 Å². The van der Waals surface area contributed by atoms with E-state index in [0.29, 0.717) is 11.8 Å². The quantitative estimate of drug-likeness (QED) is 0.446. The summed E-state index contributed by atoms with van der Waals surface area (Å²) in [5, 5.41) is 0. The number of benzene rings is 2. The molecule has 0 spiro atoms. The maximum atomic E-state index is 5.38. The SMILES string of the molecule is COc1cncc([C@@H]2[C@H](c3ccccc3)[C@H](c3ccccc3)[C@H]2c2cncc(OC)n2)n1. The monoisotopic (exact) mass is 424 g/mol. The zero-order chi connectivity index (χ0) is 21.9. The second-order valence-electron chi connectivity index (χ2n) is 7.90. The first-order valence-corrected chi connectivity index (χ1v) is 10.6. The molecule has 0 amide bonds. The minimum atomic E-state index is 0.0617. The van der Waals surface area contributed by atoms with E-state index in [1.54, 1.807) is 26.6 Å². The van der Waals surface area contributed by atoms with Crippen molar-refractivity contribution in [3.63, 3.8) is 0 Å². The number of ether oxygens (including phenoxy) is 2. The van der Waals surface area contributed by atoms with E-state index in [-0.39, 0.29) is 23.7 Å². The summed E-state index contributed by atoms with van der Waals surface area (Å²) in [6.45, 7) is 0. The van der Waals surface area contributed by atoms with E-state index in [2.05, 4.69) is 58.5 Å². The van der Waals surface area contributed by atoms with E-state index in [0.717, 1.165) is 11.4 Å². The Labute approximate surface area is 187 Å². The van der Waals surface area contributed by atoms with Crippen LogP contribution in [0.3, 0.4) is 0 Å². The van der Waals surface area contributed by atoms with Gasteiger partial charge in [0.05, 0.1) is 38.0 Å². The highest BCUT2D eigenvalue weighted by molar-refractivity contribution is 5.45. The zero-order valence-corrected chi connectivity index (χ0v) is 18.0. The van der Waals surface area contributed by atoms with Crippen molar-refractivity contribution in [1.29, 1.82) is 0 Å². The van der Waals surface area contributed by atoms with Crippen LogP contribution in [-0.4, -0.2) is 34.2 Å². The van der Waals surface area contributed by atoms with Crippen molar-refractivity contribution in [1.82, 2.24) is 19.9 Å². The second kappa shape index (κ2) is 8.75. The van der Waals surface area contributed by atoms with Crippen LogP contribution in [0.5, 0.6) is 11.8 Å². The average molecular weight is 425 g/mol. The van der Waals surface area contributed by atoms with Crippen molar-refractivity contribution in [2.45, 2.75) is 23.7 Å². The van der Waals surface area contributed by atoms with Crippen LogP contribution in [-0.2, 0) is 0 Å². The average Bonchev–Trinajstić information content (AvgIpc) is 2.85. The van der Waals surface area contributed by atoms with E-state index in [9.17, 15) is 0 Å². The van der Waals surface area contributed by atoms with Gasteiger partial charge < -0.3 is 9.47 Å². The molecule has 4 atom stereocenters. The van der Waals surface area contributed by atoms with Crippen LogP contribution >= 0.6 is 0 Å². The second-order valence-corrected chi connectivity index (χ2v) is 7.90. The number of nitrogens with zero attached hydrogens (tertiary/aromatic N) is 4. The lowest BCUT2D eigenvalue weighted by Crippen LogP contribution is -2.41. The predicted octanol–water partition coefficient (Wildman–Crippen LogP) is 4.73. The van der Waals surface area contributed by atoms with Gasteiger partial charge in [0.15, 0.2) is 0 Å². The van der Waals surface area contributed by atoms with Crippen LogP contribution < -0.4 is 9.47 Å². The van der Waals surface area contributed by atoms with Gasteiger partial charge in [-0.15, -0.1) is 0 Å². The highest BCUT2D eigenvalue weighted by Crippen LogP contribution is 2.65. The van der Waals surface area contributed by atoms with Gasteiger partial charge in [-0.25, -0.2) is 9.97 Å². The van der Waals surface area contributed by atoms with Crippen molar-refractivity contribution in [2.24, 2.45) is 0 Å². The van der Waals surface area contributed by atoms with Gasteiger partial charge in [0, 0.05) is 36.1 Å². The van der Waals surface area contributed by atoms with Crippen LogP contribution in [0.15, 0.2) is 85.5 Å². The highest BCUT2D eigenvalue weighted by Gasteiger charge is 2.54. The number of hydrogen-bond donors (Lipinski definition) is 0. The Hall–Kier alpha value is -3.80. The van der Waals surface area contributed by atoms with Gasteiger partial charge in [-0.3, -0.25) is 9.97 Å². The largest absolute Gasteiger partial charge is 0.480 e. The van der Waals surface area contributed by atoms with Gasteiger partial charge in [0.25, 0.3) is 0 Å². The maximum Gasteiger partial charge on any atom is 0.232 e. The molecule has 160 valence electrons. The van der Waals surface area contributed by atoms with Crippen molar-refractivity contribution < 1.29 is 9.47 Å². The molecule has 6 nitrogen and oxygen atoms in total. The van der Waals surface area contributed by atoms with Crippen molar-refractivity contribution in [3.8, 4) is 11.8 Å². The topological polar surface area (TPSA) is 70.0 Å². The lowest BCUT2D eigenvalue weighted by molar-refractivity contribution is 0.216. The molecule has 2 heterocycles. The van der Waals surface area contributed by atoms with Gasteiger partial charge >= 0.3 is 0 Å². The number of hydrogen-bond acceptors (Lipinski definition) is 6. The van der Waals surface area contributed by atoms with Crippen molar-refractivity contribution in [3.05, 3.63) is 108 Å². The van der Waals surface area contributed by atoms with Crippen molar-refractivity contribution in [2.75, 3.05) is 14.2 Å². The maximum absolute atomic E-state index is 5.38. The molecule has 0 bridgehead atoms. The Bertz CT molecular complexity index is 1090. The minimum Gasteiger partial charge on any atom is -0.480 e. The summed E-state index contributed by atoms with van der Waals surface area (Å²) in [5.74, 6) is 1.55. The smallest absolute Gasteiger partial charge is 0.232 e. The molecule has 0 saturated heterocycles. The molecule has 1 fully saturated rings. The van der Waals surface area contributed by atoms with Gasteiger partial charge in [0.1, 0.15) is 0 Å². The van der Waals surface area contributed by atoms with Gasteiger partial charge in [0.2, 0.25) is 11.8 Å². The van der Waals surface area contributed by atoms with Crippen molar-refractivity contribution >= 4 is 0 Å².